The number of aromatic nitrogens is 2. The van der Waals surface area contributed by atoms with Crippen molar-refractivity contribution < 1.29 is 54.8 Å². The first kappa shape index (κ1) is 32.2. The van der Waals surface area contributed by atoms with E-state index in [4.69, 9.17) is 0 Å². The van der Waals surface area contributed by atoms with Crippen LogP contribution in [0.1, 0.15) is 38.3 Å². The van der Waals surface area contributed by atoms with E-state index in [0.29, 0.717) is 0 Å². The second kappa shape index (κ2) is 12.1. The number of carbonyl (C=O) groups excluding carboxylic acids is 3. The molecule has 9 nitrogen and oxygen atoms in total. The van der Waals surface area contributed by atoms with Crippen molar-refractivity contribution in [3.8, 4) is 0 Å². The maximum Gasteiger partial charge on any atom is 0.498 e. The highest BCUT2D eigenvalue weighted by atomic mass is 19.4. The largest absolute Gasteiger partial charge is 0.498 e. The van der Waals surface area contributed by atoms with E-state index in [0.717, 1.165) is 46.2 Å². The van der Waals surface area contributed by atoms with Crippen molar-refractivity contribution in [1.29, 1.82) is 0 Å². The van der Waals surface area contributed by atoms with Crippen molar-refractivity contribution in [2.45, 2.75) is 32.4 Å². The summed E-state index contributed by atoms with van der Waals surface area (Å²) < 4.78 is 95.8. The molecule has 1 aliphatic heterocycles. The SMILES string of the molecule is Cc1c(C)c(=O)[nH][n+](OC(=O)C(F)(F)F)c1Cc1ccc(F)c(C(=O)N2CCN(CC(F)(F)c3ccc(F)cc3)C(=O)C2)c1. The second-order valence-electron chi connectivity index (χ2n) is 10.1. The molecule has 0 bridgehead atoms. The van der Waals surface area contributed by atoms with Crippen LogP contribution in [-0.4, -0.2) is 65.0 Å². The number of aromatic amines is 1. The third-order valence-corrected chi connectivity index (χ3v) is 7.08. The summed E-state index contributed by atoms with van der Waals surface area (Å²) in [6.45, 7) is 0.563. The van der Waals surface area contributed by atoms with Gasteiger partial charge >= 0.3 is 17.7 Å². The highest BCUT2D eigenvalue weighted by Gasteiger charge is 2.46. The van der Waals surface area contributed by atoms with Gasteiger partial charge in [-0.3, -0.25) is 14.4 Å². The van der Waals surface area contributed by atoms with Crippen LogP contribution in [0.5, 0.6) is 0 Å². The maximum absolute atomic E-state index is 14.8. The molecule has 2 aromatic carbocycles. The van der Waals surface area contributed by atoms with Gasteiger partial charge in [-0.05, 0) is 43.7 Å². The van der Waals surface area contributed by atoms with Crippen LogP contribution >= 0.6 is 0 Å². The van der Waals surface area contributed by atoms with Crippen LogP contribution < -0.4 is 15.2 Å². The van der Waals surface area contributed by atoms with Gasteiger partial charge in [-0.15, -0.1) is 0 Å². The van der Waals surface area contributed by atoms with Crippen LogP contribution in [0.3, 0.4) is 0 Å². The number of amides is 2. The summed E-state index contributed by atoms with van der Waals surface area (Å²) in [7, 11) is 0. The van der Waals surface area contributed by atoms with Gasteiger partial charge < -0.3 is 9.80 Å². The topological polar surface area (TPSA) is 104 Å². The van der Waals surface area contributed by atoms with E-state index < -0.39 is 71.3 Å². The Labute approximate surface area is 244 Å². The number of nitrogens with one attached hydrogen (secondary N) is 1. The highest BCUT2D eigenvalue weighted by Crippen LogP contribution is 2.30. The van der Waals surface area contributed by atoms with Gasteiger partial charge in [0.1, 0.15) is 23.0 Å². The smallest absolute Gasteiger partial charge is 0.333 e. The molecule has 0 aliphatic carbocycles. The molecule has 1 fully saturated rings. The number of hydrogen-bond donors (Lipinski definition) is 1. The molecule has 16 heteroatoms. The fraction of sp³-hybridized carbons (Fsp3) is 0.321. The fourth-order valence-corrected chi connectivity index (χ4v) is 4.48. The van der Waals surface area contributed by atoms with E-state index in [9.17, 15) is 49.9 Å². The monoisotopic (exact) mass is 629 g/mol. The molecule has 0 atom stereocenters. The standard InChI is InChI=1S/C28H23F7N4O5/c1-15-16(2)24(41)36-39(44-26(43)28(33,34)35)22(15)12-17-3-8-21(30)20(11-17)25(42)37-9-10-38(23(40)13-37)14-27(31,32)18-4-6-19(29)7-5-18/h3-8,11H,9-10,12-14H2,1-2H3/p+1. The molecule has 1 N–H and O–H groups in total. The van der Waals surface area contributed by atoms with Gasteiger partial charge in [0.25, 0.3) is 17.5 Å². The van der Waals surface area contributed by atoms with Crippen molar-refractivity contribution in [3.05, 3.63) is 98.0 Å². The van der Waals surface area contributed by atoms with Crippen LogP contribution in [0.2, 0.25) is 0 Å². The number of benzene rings is 2. The zero-order valence-corrected chi connectivity index (χ0v) is 23.1. The molecular formula is C28H24F7N4O5+. The molecular weight excluding hydrogens is 605 g/mol. The Hall–Kier alpha value is -4.76. The minimum atomic E-state index is -5.38. The first-order valence-electron chi connectivity index (χ1n) is 12.9. The Bertz CT molecular complexity index is 1670. The lowest BCUT2D eigenvalue weighted by atomic mass is 10.0. The summed E-state index contributed by atoms with van der Waals surface area (Å²) in [5.74, 6) is -9.63. The average molecular weight is 630 g/mol. The molecule has 1 saturated heterocycles. The van der Waals surface area contributed by atoms with Crippen LogP contribution in [0.25, 0.3) is 0 Å². The van der Waals surface area contributed by atoms with E-state index >= 15 is 0 Å². The molecule has 0 unspecified atom stereocenters. The van der Waals surface area contributed by atoms with Crippen molar-refractivity contribution >= 4 is 17.8 Å². The molecule has 3 aromatic rings. The fourth-order valence-electron chi connectivity index (χ4n) is 4.48. The number of carbonyl (C=O) groups is 3. The number of rotatable bonds is 7. The lowest BCUT2D eigenvalue weighted by molar-refractivity contribution is -0.921. The van der Waals surface area contributed by atoms with Crippen molar-refractivity contribution in [3.63, 3.8) is 0 Å². The zero-order valence-electron chi connectivity index (χ0n) is 23.1. The number of H-pyrrole nitrogens is 1. The zero-order chi connectivity index (χ0) is 32.6. The second-order valence-corrected chi connectivity index (χ2v) is 10.1. The summed E-state index contributed by atoms with van der Waals surface area (Å²) in [5, 5.41) is 2.00. The Morgan fingerprint density at radius 3 is 2.23 bits per heavy atom. The Kier molecular flexibility index (Phi) is 8.83. The van der Waals surface area contributed by atoms with E-state index in [1.807, 2.05) is 5.10 Å². The van der Waals surface area contributed by atoms with Crippen molar-refractivity contribution in [2.75, 3.05) is 26.2 Å². The summed E-state index contributed by atoms with van der Waals surface area (Å²) in [4.78, 5) is 55.8. The van der Waals surface area contributed by atoms with Gasteiger partial charge in [0.05, 0.1) is 18.5 Å². The van der Waals surface area contributed by atoms with Crippen LogP contribution in [0.15, 0.2) is 47.3 Å². The Morgan fingerprint density at radius 2 is 1.61 bits per heavy atom. The summed E-state index contributed by atoms with van der Waals surface area (Å²) >= 11 is 0. The third kappa shape index (κ3) is 6.89. The molecule has 1 aromatic heterocycles. The van der Waals surface area contributed by atoms with E-state index in [1.165, 1.54) is 19.9 Å². The van der Waals surface area contributed by atoms with Crippen molar-refractivity contribution in [2.24, 2.45) is 0 Å². The number of hydrogen-bond acceptors (Lipinski definition) is 5. The minimum Gasteiger partial charge on any atom is -0.333 e. The van der Waals surface area contributed by atoms with E-state index in [1.54, 1.807) is 0 Å². The lowest BCUT2D eigenvalue weighted by Gasteiger charge is -2.36. The third-order valence-electron chi connectivity index (χ3n) is 7.08. The van der Waals surface area contributed by atoms with Crippen LogP contribution in [0, 0.1) is 25.5 Å². The number of alkyl halides is 5. The molecule has 44 heavy (non-hydrogen) atoms. The molecule has 0 radical (unpaired) electrons. The Balaban J connectivity index is 1.53. The normalized spacial score (nSPS) is 14.2. The predicted molar refractivity (Wildman–Crippen MR) is 136 cm³/mol. The first-order valence-corrected chi connectivity index (χ1v) is 12.9. The van der Waals surface area contributed by atoms with Gasteiger partial charge in [0.15, 0.2) is 0 Å². The van der Waals surface area contributed by atoms with Gasteiger partial charge in [-0.25, -0.2) is 13.6 Å². The maximum atomic E-state index is 14.8. The Morgan fingerprint density at radius 1 is 0.955 bits per heavy atom. The summed E-state index contributed by atoms with van der Waals surface area (Å²) in [6.07, 6.45) is -5.71. The summed E-state index contributed by atoms with van der Waals surface area (Å²) in [6, 6.07) is 6.70. The highest BCUT2D eigenvalue weighted by molar-refractivity contribution is 5.97. The van der Waals surface area contributed by atoms with Gasteiger partial charge in [-0.1, -0.05) is 23.3 Å². The number of piperazine rings is 1. The predicted octanol–water partition coefficient (Wildman–Crippen LogP) is 2.74. The lowest BCUT2D eigenvalue weighted by Crippen LogP contribution is -2.58. The molecule has 0 spiro atoms. The minimum absolute atomic E-state index is 0.0964. The average Bonchev–Trinajstić information content (AvgIpc) is 2.95. The number of nitrogens with zero attached hydrogens (tertiary/aromatic N) is 3. The van der Waals surface area contributed by atoms with Gasteiger partial charge in [0, 0.05) is 29.8 Å². The first-order chi connectivity index (χ1) is 20.5. The molecule has 4 rings (SSSR count). The van der Waals surface area contributed by atoms with E-state index in [-0.39, 0.29) is 46.7 Å². The van der Waals surface area contributed by atoms with Crippen LogP contribution in [-0.2, 0) is 21.9 Å². The van der Waals surface area contributed by atoms with Crippen LogP contribution in [0.4, 0.5) is 30.7 Å². The molecule has 2 amide bonds. The molecule has 0 saturated carbocycles. The summed E-state index contributed by atoms with van der Waals surface area (Å²) in [5.41, 5.74) is -1.57. The van der Waals surface area contributed by atoms with Crippen molar-refractivity contribution in [1.82, 2.24) is 14.9 Å². The molecule has 2 heterocycles. The molecule has 234 valence electrons. The number of halogens is 7. The molecule has 1 aliphatic rings. The quantitative estimate of drug-likeness (QED) is 0.320. The van der Waals surface area contributed by atoms with E-state index in [2.05, 4.69) is 4.84 Å². The van der Waals surface area contributed by atoms with Gasteiger partial charge in [-0.2, -0.15) is 26.8 Å². The van der Waals surface area contributed by atoms with Gasteiger partial charge in [0.2, 0.25) is 5.91 Å².